The van der Waals surface area contributed by atoms with E-state index in [0.717, 1.165) is 15.9 Å². The summed E-state index contributed by atoms with van der Waals surface area (Å²) in [7, 11) is 1.67. The fraction of sp³-hybridized carbons (Fsp3) is 0.200. The highest BCUT2D eigenvalue weighted by Gasteiger charge is 2.08. The molecule has 0 amide bonds. The van der Waals surface area contributed by atoms with Gasteiger partial charge in [-0.1, -0.05) is 34.1 Å². The van der Waals surface area contributed by atoms with Crippen LogP contribution in [0.1, 0.15) is 18.5 Å². The van der Waals surface area contributed by atoms with Crippen molar-refractivity contribution in [3.8, 4) is 5.75 Å². The molecule has 0 aliphatic carbocycles. The molecule has 0 aliphatic heterocycles. The van der Waals surface area contributed by atoms with Gasteiger partial charge in [0, 0.05) is 16.2 Å². The third kappa shape index (κ3) is 3.05. The monoisotopic (exact) mass is 305 g/mol. The van der Waals surface area contributed by atoms with Gasteiger partial charge in [0.15, 0.2) is 0 Å². The highest BCUT2D eigenvalue weighted by Crippen LogP contribution is 2.26. The molecule has 1 unspecified atom stereocenters. The van der Waals surface area contributed by atoms with Crippen LogP contribution in [0.15, 0.2) is 53.0 Å². The van der Waals surface area contributed by atoms with Crippen molar-refractivity contribution < 1.29 is 4.74 Å². The molecule has 1 N–H and O–H groups in total. The molecule has 0 heterocycles. The van der Waals surface area contributed by atoms with E-state index in [0.29, 0.717) is 0 Å². The molecule has 0 bridgehead atoms. The highest BCUT2D eigenvalue weighted by molar-refractivity contribution is 9.10. The van der Waals surface area contributed by atoms with Gasteiger partial charge in [-0.2, -0.15) is 0 Å². The number of anilines is 1. The quantitative estimate of drug-likeness (QED) is 0.889. The van der Waals surface area contributed by atoms with Crippen molar-refractivity contribution in [2.24, 2.45) is 0 Å². The van der Waals surface area contributed by atoms with E-state index >= 15 is 0 Å². The third-order valence-corrected chi connectivity index (χ3v) is 3.57. The molecule has 2 nitrogen and oxygen atoms in total. The van der Waals surface area contributed by atoms with E-state index in [-0.39, 0.29) is 6.04 Å². The van der Waals surface area contributed by atoms with Gasteiger partial charge in [0.25, 0.3) is 0 Å². The average molecular weight is 306 g/mol. The topological polar surface area (TPSA) is 21.3 Å². The largest absolute Gasteiger partial charge is 0.497 e. The Bertz CT molecular complexity index is 510. The Morgan fingerprint density at radius 3 is 2.33 bits per heavy atom. The second kappa shape index (κ2) is 5.91. The molecule has 3 heteroatoms. The SMILES string of the molecule is COc1ccc(NC(C)c2ccccc2Br)cc1. The minimum atomic E-state index is 0.244. The minimum absolute atomic E-state index is 0.244. The van der Waals surface area contributed by atoms with Gasteiger partial charge in [0.1, 0.15) is 5.75 Å². The second-order valence-corrected chi connectivity index (χ2v) is 4.97. The summed E-state index contributed by atoms with van der Waals surface area (Å²) in [6.45, 7) is 2.14. The van der Waals surface area contributed by atoms with Gasteiger partial charge in [-0.15, -0.1) is 0 Å². The highest BCUT2D eigenvalue weighted by atomic mass is 79.9. The molecule has 0 saturated heterocycles. The fourth-order valence-corrected chi connectivity index (χ4v) is 2.47. The van der Waals surface area contributed by atoms with E-state index in [1.54, 1.807) is 7.11 Å². The van der Waals surface area contributed by atoms with E-state index in [1.807, 2.05) is 36.4 Å². The number of ether oxygens (including phenoxy) is 1. The summed E-state index contributed by atoms with van der Waals surface area (Å²) >= 11 is 3.57. The number of nitrogens with one attached hydrogen (secondary N) is 1. The lowest BCUT2D eigenvalue weighted by atomic mass is 10.1. The Morgan fingerprint density at radius 1 is 1.06 bits per heavy atom. The number of hydrogen-bond acceptors (Lipinski definition) is 2. The molecule has 0 aliphatic rings. The summed E-state index contributed by atoms with van der Waals surface area (Å²) in [6, 6.07) is 16.4. The van der Waals surface area contributed by atoms with Gasteiger partial charge in [0.2, 0.25) is 0 Å². The van der Waals surface area contributed by atoms with Crippen molar-refractivity contribution >= 4 is 21.6 Å². The summed E-state index contributed by atoms with van der Waals surface area (Å²) in [5.74, 6) is 0.870. The summed E-state index contributed by atoms with van der Waals surface area (Å²) in [5, 5.41) is 3.46. The van der Waals surface area contributed by atoms with Crippen LogP contribution in [0.5, 0.6) is 5.75 Å². The van der Waals surface area contributed by atoms with E-state index in [4.69, 9.17) is 4.74 Å². The van der Waals surface area contributed by atoms with E-state index < -0.39 is 0 Å². The molecule has 0 aromatic heterocycles. The first kappa shape index (κ1) is 13.0. The summed E-state index contributed by atoms with van der Waals surface area (Å²) < 4.78 is 6.27. The number of halogens is 1. The zero-order valence-electron chi connectivity index (χ0n) is 10.5. The van der Waals surface area contributed by atoms with Crippen LogP contribution in [0, 0.1) is 0 Å². The number of benzene rings is 2. The Labute approximate surface area is 116 Å². The maximum absolute atomic E-state index is 5.14. The molecule has 2 aromatic carbocycles. The van der Waals surface area contributed by atoms with Crippen LogP contribution in [-0.4, -0.2) is 7.11 Å². The number of rotatable bonds is 4. The molecule has 0 spiro atoms. The fourth-order valence-electron chi connectivity index (χ4n) is 1.84. The maximum atomic E-state index is 5.14. The van der Waals surface area contributed by atoms with Crippen LogP contribution in [0.3, 0.4) is 0 Å². The van der Waals surface area contributed by atoms with Crippen molar-refractivity contribution in [1.82, 2.24) is 0 Å². The number of hydrogen-bond donors (Lipinski definition) is 1. The van der Waals surface area contributed by atoms with Gasteiger partial charge in [0.05, 0.1) is 7.11 Å². The first-order valence-corrected chi connectivity index (χ1v) is 6.65. The normalized spacial score (nSPS) is 11.9. The second-order valence-electron chi connectivity index (χ2n) is 4.12. The van der Waals surface area contributed by atoms with Crippen LogP contribution in [0.25, 0.3) is 0 Å². The molecule has 1 atom stereocenters. The van der Waals surface area contributed by atoms with Crippen molar-refractivity contribution in [2.75, 3.05) is 12.4 Å². The van der Waals surface area contributed by atoms with E-state index in [2.05, 4.69) is 40.3 Å². The van der Waals surface area contributed by atoms with Crippen LogP contribution < -0.4 is 10.1 Å². The predicted octanol–water partition coefficient (Wildman–Crippen LogP) is 4.63. The first-order valence-electron chi connectivity index (χ1n) is 5.85. The van der Waals surface area contributed by atoms with Crippen molar-refractivity contribution in [1.29, 1.82) is 0 Å². The lowest BCUT2D eigenvalue weighted by molar-refractivity contribution is 0.415. The molecule has 2 rings (SSSR count). The van der Waals surface area contributed by atoms with Gasteiger partial charge in [-0.05, 0) is 42.8 Å². The molecule has 2 aromatic rings. The molecular formula is C15H16BrNO. The van der Waals surface area contributed by atoms with Gasteiger partial charge < -0.3 is 10.1 Å². The Hall–Kier alpha value is -1.48. The molecule has 0 saturated carbocycles. The average Bonchev–Trinajstić information content (AvgIpc) is 2.40. The Balaban J connectivity index is 2.11. The predicted molar refractivity (Wildman–Crippen MR) is 79.2 cm³/mol. The van der Waals surface area contributed by atoms with Gasteiger partial charge >= 0.3 is 0 Å². The maximum Gasteiger partial charge on any atom is 0.119 e. The van der Waals surface area contributed by atoms with Crippen LogP contribution >= 0.6 is 15.9 Å². The molecule has 94 valence electrons. The van der Waals surface area contributed by atoms with Gasteiger partial charge in [-0.25, -0.2) is 0 Å². The molecule has 18 heavy (non-hydrogen) atoms. The van der Waals surface area contributed by atoms with Crippen LogP contribution in [-0.2, 0) is 0 Å². The van der Waals surface area contributed by atoms with Crippen molar-refractivity contribution in [3.63, 3.8) is 0 Å². The zero-order valence-corrected chi connectivity index (χ0v) is 12.1. The summed E-state index contributed by atoms with van der Waals surface area (Å²) in [4.78, 5) is 0. The van der Waals surface area contributed by atoms with Gasteiger partial charge in [-0.3, -0.25) is 0 Å². The molecule has 0 radical (unpaired) electrons. The molecular weight excluding hydrogens is 290 g/mol. The van der Waals surface area contributed by atoms with Crippen LogP contribution in [0.4, 0.5) is 5.69 Å². The standard InChI is InChI=1S/C15H16BrNO/c1-11(14-5-3-4-6-15(14)16)17-12-7-9-13(18-2)10-8-12/h3-11,17H,1-2H3. The van der Waals surface area contributed by atoms with Crippen LogP contribution in [0.2, 0.25) is 0 Å². The zero-order chi connectivity index (χ0) is 13.0. The molecule has 0 fully saturated rings. The first-order chi connectivity index (χ1) is 8.70. The number of methoxy groups -OCH3 is 1. The van der Waals surface area contributed by atoms with E-state index in [1.165, 1.54) is 5.56 Å². The Morgan fingerprint density at radius 2 is 1.72 bits per heavy atom. The smallest absolute Gasteiger partial charge is 0.119 e. The Kier molecular flexibility index (Phi) is 4.26. The summed E-state index contributed by atoms with van der Waals surface area (Å²) in [6.07, 6.45) is 0. The van der Waals surface area contributed by atoms with Crippen molar-refractivity contribution in [3.05, 3.63) is 58.6 Å². The minimum Gasteiger partial charge on any atom is -0.497 e. The summed E-state index contributed by atoms with van der Waals surface area (Å²) in [5.41, 5.74) is 2.33. The third-order valence-electron chi connectivity index (χ3n) is 2.84. The van der Waals surface area contributed by atoms with Crippen molar-refractivity contribution in [2.45, 2.75) is 13.0 Å². The van der Waals surface area contributed by atoms with E-state index in [9.17, 15) is 0 Å². The lowest BCUT2D eigenvalue weighted by Gasteiger charge is -2.17. The lowest BCUT2D eigenvalue weighted by Crippen LogP contribution is -2.07.